The molecule has 0 N–H and O–H groups in total. The van der Waals surface area contributed by atoms with Gasteiger partial charge in [-0.1, -0.05) is 18.7 Å². The van der Waals surface area contributed by atoms with Gasteiger partial charge in [-0.15, -0.1) is 0 Å². The van der Waals surface area contributed by atoms with E-state index in [1.807, 2.05) is 0 Å². The maximum Gasteiger partial charge on any atom is 0.343 e. The maximum atomic E-state index is 12.5. The summed E-state index contributed by atoms with van der Waals surface area (Å²) in [6, 6.07) is 5.24. The van der Waals surface area contributed by atoms with E-state index in [0.717, 1.165) is 0 Å². The molecule has 0 amide bonds. The predicted molar refractivity (Wildman–Crippen MR) is 56.0 cm³/mol. The van der Waals surface area contributed by atoms with Crippen molar-refractivity contribution in [2.24, 2.45) is 0 Å². The molecule has 0 saturated carbocycles. The zero-order chi connectivity index (χ0) is 11.3. The minimum atomic E-state index is -0.501. The summed E-state index contributed by atoms with van der Waals surface area (Å²) in [6.45, 7) is 5.19. The Morgan fingerprint density at radius 3 is 2.47 bits per heavy atom. The lowest BCUT2D eigenvalue weighted by molar-refractivity contribution is -0.129. The Kier molecular flexibility index (Phi) is 3.80. The number of allylic oxidation sites excluding steroid dienone is 1. The van der Waals surface area contributed by atoms with Crippen LogP contribution in [-0.2, 0) is 4.79 Å². The van der Waals surface area contributed by atoms with Gasteiger partial charge in [-0.05, 0) is 31.2 Å². The number of hydrogen-bond donors (Lipinski definition) is 0. The molecule has 78 valence electrons. The third-order valence-corrected chi connectivity index (χ3v) is 1.79. The van der Waals surface area contributed by atoms with E-state index in [1.54, 1.807) is 13.0 Å². The minimum Gasteiger partial charge on any atom is -0.423 e. The summed E-state index contributed by atoms with van der Waals surface area (Å²) in [5, 5.41) is 0. The number of halogens is 1. The number of esters is 1. The Labute approximate surface area is 87.7 Å². The van der Waals surface area contributed by atoms with Crippen LogP contribution in [0.25, 0.3) is 0 Å². The van der Waals surface area contributed by atoms with E-state index in [9.17, 15) is 9.18 Å². The van der Waals surface area contributed by atoms with Gasteiger partial charge in [-0.3, -0.25) is 0 Å². The molecule has 0 unspecified atom stereocenters. The Hall–Kier alpha value is -1.90. The van der Waals surface area contributed by atoms with Gasteiger partial charge in [0.25, 0.3) is 0 Å². The predicted octanol–water partition coefficient (Wildman–Crippen LogP) is 2.86. The number of hydrogen-bond acceptors (Lipinski definition) is 2. The molecule has 0 heterocycles. The van der Waals surface area contributed by atoms with Crippen LogP contribution in [0.2, 0.25) is 0 Å². The van der Waals surface area contributed by atoms with E-state index in [4.69, 9.17) is 4.74 Å². The molecule has 1 rings (SSSR count). The first-order valence-electron chi connectivity index (χ1n) is 4.44. The Morgan fingerprint density at radius 2 is 2.00 bits per heavy atom. The average Bonchev–Trinajstić information content (AvgIpc) is 2.23. The second kappa shape index (κ2) is 5.10. The maximum absolute atomic E-state index is 12.5. The van der Waals surface area contributed by atoms with Crippen LogP contribution in [0.1, 0.15) is 6.92 Å². The lowest BCUT2D eigenvalue weighted by Crippen LogP contribution is -2.09. The molecule has 0 aliphatic rings. The fraction of sp³-hybridized carbons (Fsp3) is 0.0833. The molecule has 0 spiro atoms. The van der Waals surface area contributed by atoms with Gasteiger partial charge < -0.3 is 4.74 Å². The smallest absolute Gasteiger partial charge is 0.343 e. The van der Waals surface area contributed by atoms with Crippen molar-refractivity contribution in [3.8, 4) is 5.75 Å². The molecule has 1 aromatic carbocycles. The lowest BCUT2D eigenvalue weighted by Gasteiger charge is -2.03. The van der Waals surface area contributed by atoms with E-state index in [2.05, 4.69) is 6.58 Å². The highest BCUT2D eigenvalue weighted by Gasteiger charge is 2.07. The molecule has 0 atom stereocenters. The fourth-order valence-electron chi connectivity index (χ4n) is 0.988. The molecule has 15 heavy (non-hydrogen) atoms. The highest BCUT2D eigenvalue weighted by molar-refractivity contribution is 5.92. The molecule has 1 aromatic rings. The third kappa shape index (κ3) is 3.06. The topological polar surface area (TPSA) is 26.3 Å². The Balaban J connectivity index is 2.74. The van der Waals surface area contributed by atoms with Gasteiger partial charge in [-0.25, -0.2) is 9.18 Å². The minimum absolute atomic E-state index is 0.308. The zero-order valence-corrected chi connectivity index (χ0v) is 8.37. The highest BCUT2D eigenvalue weighted by atomic mass is 19.1. The summed E-state index contributed by atoms with van der Waals surface area (Å²) >= 11 is 0. The van der Waals surface area contributed by atoms with Crippen molar-refractivity contribution in [1.29, 1.82) is 0 Å². The van der Waals surface area contributed by atoms with Gasteiger partial charge in [-0.2, -0.15) is 0 Å². The van der Waals surface area contributed by atoms with Gasteiger partial charge in [0.05, 0.1) is 5.57 Å². The molecule has 2 nitrogen and oxygen atoms in total. The molecule has 0 radical (unpaired) electrons. The van der Waals surface area contributed by atoms with E-state index < -0.39 is 5.97 Å². The number of carbonyl (C=O) groups excluding carboxylic acids is 1. The third-order valence-electron chi connectivity index (χ3n) is 1.79. The SMILES string of the molecule is C=C/C(=C\C)C(=O)Oc1ccc(F)cc1. The Bertz CT molecular complexity index is 391. The first-order valence-corrected chi connectivity index (χ1v) is 4.44. The second-order valence-corrected chi connectivity index (χ2v) is 2.79. The van der Waals surface area contributed by atoms with E-state index in [0.29, 0.717) is 11.3 Å². The van der Waals surface area contributed by atoms with E-state index in [-0.39, 0.29) is 5.82 Å². The van der Waals surface area contributed by atoms with Crippen molar-refractivity contribution in [2.45, 2.75) is 6.92 Å². The van der Waals surface area contributed by atoms with Crippen LogP contribution in [0.5, 0.6) is 5.75 Å². The molecule has 0 saturated heterocycles. The average molecular weight is 206 g/mol. The van der Waals surface area contributed by atoms with Gasteiger partial charge in [0.1, 0.15) is 11.6 Å². The van der Waals surface area contributed by atoms with Gasteiger partial charge in [0, 0.05) is 0 Å². The van der Waals surface area contributed by atoms with Crippen molar-refractivity contribution >= 4 is 5.97 Å². The Morgan fingerprint density at radius 1 is 1.40 bits per heavy atom. The number of rotatable bonds is 3. The van der Waals surface area contributed by atoms with Crippen LogP contribution in [-0.4, -0.2) is 5.97 Å². The summed E-state index contributed by atoms with van der Waals surface area (Å²) in [5.74, 6) is -0.563. The van der Waals surface area contributed by atoms with Gasteiger partial charge in [0.2, 0.25) is 0 Å². The first kappa shape index (κ1) is 11.2. The molecule has 0 aliphatic heterocycles. The van der Waals surface area contributed by atoms with Crippen LogP contribution in [0, 0.1) is 5.82 Å². The first-order chi connectivity index (χ1) is 7.17. The summed E-state index contributed by atoms with van der Waals surface area (Å²) < 4.78 is 17.5. The van der Waals surface area contributed by atoms with Crippen molar-refractivity contribution in [3.63, 3.8) is 0 Å². The molecule has 3 heteroatoms. The molecule has 0 aromatic heterocycles. The van der Waals surface area contributed by atoms with Crippen LogP contribution < -0.4 is 4.74 Å². The summed E-state index contributed by atoms with van der Waals surface area (Å²) in [4.78, 5) is 11.4. The van der Waals surface area contributed by atoms with E-state index >= 15 is 0 Å². The second-order valence-electron chi connectivity index (χ2n) is 2.79. The number of ether oxygens (including phenoxy) is 1. The summed E-state index contributed by atoms with van der Waals surface area (Å²) in [6.07, 6.45) is 3.00. The van der Waals surface area contributed by atoms with Crippen molar-refractivity contribution in [3.05, 3.63) is 54.4 Å². The van der Waals surface area contributed by atoms with E-state index in [1.165, 1.54) is 30.3 Å². The fourth-order valence-corrected chi connectivity index (χ4v) is 0.988. The molecule has 0 fully saturated rings. The summed E-state index contributed by atoms with van der Waals surface area (Å²) in [5.41, 5.74) is 0.374. The van der Waals surface area contributed by atoms with Gasteiger partial charge >= 0.3 is 5.97 Å². The van der Waals surface area contributed by atoms with Crippen molar-refractivity contribution in [2.75, 3.05) is 0 Å². The van der Waals surface area contributed by atoms with Crippen molar-refractivity contribution < 1.29 is 13.9 Å². The van der Waals surface area contributed by atoms with Crippen LogP contribution >= 0.6 is 0 Å². The zero-order valence-electron chi connectivity index (χ0n) is 8.37. The standard InChI is InChI=1S/C12H11FO2/c1-3-9(4-2)12(14)15-11-7-5-10(13)6-8-11/h3-8H,1H2,2H3/b9-4+. The number of benzene rings is 1. The largest absolute Gasteiger partial charge is 0.423 e. The lowest BCUT2D eigenvalue weighted by atomic mass is 10.2. The normalized spacial score (nSPS) is 10.9. The van der Waals surface area contributed by atoms with Crippen molar-refractivity contribution in [1.82, 2.24) is 0 Å². The molecule has 0 bridgehead atoms. The molecular formula is C12H11FO2. The molecule has 0 aliphatic carbocycles. The van der Waals surface area contributed by atoms with Crippen LogP contribution in [0.3, 0.4) is 0 Å². The van der Waals surface area contributed by atoms with Gasteiger partial charge in [0.15, 0.2) is 0 Å². The molecular weight excluding hydrogens is 195 g/mol. The highest BCUT2D eigenvalue weighted by Crippen LogP contribution is 2.13. The van der Waals surface area contributed by atoms with Crippen LogP contribution in [0.15, 0.2) is 48.6 Å². The number of carbonyl (C=O) groups is 1. The summed E-state index contributed by atoms with van der Waals surface area (Å²) in [7, 11) is 0. The van der Waals surface area contributed by atoms with Crippen LogP contribution in [0.4, 0.5) is 4.39 Å². The monoisotopic (exact) mass is 206 g/mol. The quantitative estimate of drug-likeness (QED) is 0.329.